The molecule has 0 atom stereocenters. The first-order valence-corrected chi connectivity index (χ1v) is 9.14. The van der Waals surface area contributed by atoms with E-state index in [0.29, 0.717) is 38.2 Å². The van der Waals surface area contributed by atoms with Crippen LogP contribution >= 0.6 is 11.3 Å². The number of carbonyl (C=O) groups is 2. The van der Waals surface area contributed by atoms with Crippen LogP contribution in [0.2, 0.25) is 0 Å². The molecule has 0 radical (unpaired) electrons. The lowest BCUT2D eigenvalue weighted by Gasteiger charge is -2.31. The molecule has 3 rings (SSSR count). The van der Waals surface area contributed by atoms with Gasteiger partial charge < -0.3 is 15.0 Å². The Morgan fingerprint density at radius 2 is 2.20 bits per heavy atom. The smallest absolute Gasteiger partial charge is 0.409 e. The van der Waals surface area contributed by atoms with E-state index in [2.05, 4.69) is 15.3 Å². The molecule has 7 nitrogen and oxygen atoms in total. The van der Waals surface area contributed by atoms with E-state index in [0.717, 1.165) is 10.6 Å². The minimum Gasteiger partial charge on any atom is -0.450 e. The van der Waals surface area contributed by atoms with Crippen LogP contribution in [0, 0.1) is 0 Å². The Kier molecular flexibility index (Phi) is 5.60. The highest BCUT2D eigenvalue weighted by Crippen LogP contribution is 2.22. The molecule has 1 fully saturated rings. The summed E-state index contributed by atoms with van der Waals surface area (Å²) in [6.07, 6.45) is 4.57. The van der Waals surface area contributed by atoms with E-state index in [-0.39, 0.29) is 18.0 Å². The number of thiazole rings is 1. The predicted molar refractivity (Wildman–Crippen MR) is 94.4 cm³/mol. The third kappa shape index (κ3) is 4.33. The van der Waals surface area contributed by atoms with Gasteiger partial charge in [-0.05, 0) is 31.9 Å². The van der Waals surface area contributed by atoms with Gasteiger partial charge in [-0.25, -0.2) is 9.78 Å². The molecule has 0 aliphatic carbocycles. The predicted octanol–water partition coefficient (Wildman–Crippen LogP) is 2.56. The first kappa shape index (κ1) is 17.3. The number of aromatic nitrogens is 2. The molecule has 0 unspecified atom stereocenters. The molecule has 0 aromatic carbocycles. The molecule has 132 valence electrons. The highest BCUT2D eigenvalue weighted by Gasteiger charge is 2.25. The molecule has 1 N–H and O–H groups in total. The Balaban J connectivity index is 1.54. The Morgan fingerprint density at radius 1 is 1.40 bits per heavy atom. The maximum absolute atomic E-state index is 12.4. The summed E-state index contributed by atoms with van der Waals surface area (Å²) < 4.78 is 5.00. The molecular formula is C17H20N4O3S. The third-order valence-electron chi connectivity index (χ3n) is 4.00. The summed E-state index contributed by atoms with van der Waals surface area (Å²) in [6.45, 7) is 3.33. The highest BCUT2D eigenvalue weighted by atomic mass is 32.1. The monoisotopic (exact) mass is 360 g/mol. The minimum absolute atomic E-state index is 0.0433. The lowest BCUT2D eigenvalue weighted by molar-refractivity contribution is 0.0857. The van der Waals surface area contributed by atoms with Crippen LogP contribution in [0.3, 0.4) is 0 Å². The number of likely N-dealkylation sites (tertiary alicyclic amines) is 1. The highest BCUT2D eigenvalue weighted by molar-refractivity contribution is 7.13. The normalized spacial score (nSPS) is 15.0. The van der Waals surface area contributed by atoms with Crippen molar-refractivity contribution >= 4 is 23.3 Å². The third-order valence-corrected chi connectivity index (χ3v) is 4.89. The van der Waals surface area contributed by atoms with Crippen LogP contribution in [0.25, 0.3) is 10.6 Å². The second-order valence-electron chi connectivity index (χ2n) is 5.71. The van der Waals surface area contributed by atoms with E-state index in [4.69, 9.17) is 4.74 Å². The van der Waals surface area contributed by atoms with Crippen molar-refractivity contribution in [3.05, 3.63) is 35.6 Å². The average Bonchev–Trinajstić information content (AvgIpc) is 3.13. The zero-order valence-electron chi connectivity index (χ0n) is 14.0. The molecule has 2 aromatic rings. The largest absolute Gasteiger partial charge is 0.450 e. The van der Waals surface area contributed by atoms with E-state index in [1.54, 1.807) is 29.6 Å². The number of ether oxygens (including phenoxy) is 1. The van der Waals surface area contributed by atoms with Crippen LogP contribution < -0.4 is 5.32 Å². The van der Waals surface area contributed by atoms with Crippen LogP contribution in [-0.2, 0) is 4.74 Å². The van der Waals surface area contributed by atoms with Crippen LogP contribution in [0.1, 0.15) is 30.3 Å². The Bertz CT molecular complexity index is 727. The number of nitrogens with zero attached hydrogens (tertiary/aromatic N) is 3. The summed E-state index contributed by atoms with van der Waals surface area (Å²) in [5, 5.41) is 5.53. The lowest BCUT2D eigenvalue weighted by Crippen LogP contribution is -2.46. The number of rotatable bonds is 4. The van der Waals surface area contributed by atoms with Gasteiger partial charge in [-0.3, -0.25) is 9.78 Å². The van der Waals surface area contributed by atoms with Gasteiger partial charge in [-0.15, -0.1) is 11.3 Å². The molecular weight excluding hydrogens is 340 g/mol. The molecule has 2 aromatic heterocycles. The van der Waals surface area contributed by atoms with E-state index in [1.165, 1.54) is 11.3 Å². The number of amides is 2. The summed E-state index contributed by atoms with van der Waals surface area (Å²) in [5.74, 6) is -0.180. The summed E-state index contributed by atoms with van der Waals surface area (Å²) in [6, 6.07) is 3.80. The van der Waals surface area contributed by atoms with Gasteiger partial charge in [0.25, 0.3) is 5.91 Å². The average molecular weight is 360 g/mol. The van der Waals surface area contributed by atoms with Crippen molar-refractivity contribution < 1.29 is 14.3 Å². The Labute approximate surface area is 150 Å². The van der Waals surface area contributed by atoms with Crippen molar-refractivity contribution in [3.63, 3.8) is 0 Å². The molecule has 0 bridgehead atoms. The molecule has 2 amide bonds. The summed E-state index contributed by atoms with van der Waals surface area (Å²) >= 11 is 1.42. The first-order chi connectivity index (χ1) is 12.2. The van der Waals surface area contributed by atoms with E-state index < -0.39 is 0 Å². The van der Waals surface area contributed by atoms with E-state index in [9.17, 15) is 9.59 Å². The van der Waals surface area contributed by atoms with Gasteiger partial charge in [0.2, 0.25) is 0 Å². The fourth-order valence-electron chi connectivity index (χ4n) is 2.68. The molecule has 1 saturated heterocycles. The SMILES string of the molecule is CCOC(=O)N1CCC(NC(=O)c2csc(-c3cccnc3)n2)CC1. The van der Waals surface area contributed by atoms with Crippen LogP contribution in [-0.4, -0.2) is 52.6 Å². The fourth-order valence-corrected chi connectivity index (χ4v) is 3.47. The number of pyridine rings is 1. The van der Waals surface area contributed by atoms with E-state index >= 15 is 0 Å². The zero-order valence-corrected chi connectivity index (χ0v) is 14.8. The number of nitrogens with one attached hydrogen (secondary N) is 1. The van der Waals surface area contributed by atoms with Crippen LogP contribution in [0.15, 0.2) is 29.9 Å². The molecule has 0 saturated carbocycles. The number of hydrogen-bond acceptors (Lipinski definition) is 6. The minimum atomic E-state index is -0.284. The van der Waals surface area contributed by atoms with Crippen LogP contribution in [0.5, 0.6) is 0 Å². The Morgan fingerprint density at radius 3 is 2.88 bits per heavy atom. The molecule has 25 heavy (non-hydrogen) atoms. The summed E-state index contributed by atoms with van der Waals surface area (Å²) in [7, 11) is 0. The molecule has 0 spiro atoms. The van der Waals surface area contributed by atoms with Gasteiger partial charge in [0.05, 0.1) is 6.61 Å². The second-order valence-corrected chi connectivity index (χ2v) is 6.57. The molecule has 1 aliphatic heterocycles. The summed E-state index contributed by atoms with van der Waals surface area (Å²) in [4.78, 5) is 34.2. The Hall–Kier alpha value is -2.48. The topological polar surface area (TPSA) is 84.4 Å². The second kappa shape index (κ2) is 8.06. The van der Waals surface area contributed by atoms with Crippen molar-refractivity contribution in [2.24, 2.45) is 0 Å². The van der Waals surface area contributed by atoms with Crippen molar-refractivity contribution in [1.29, 1.82) is 0 Å². The fraction of sp³-hybridized carbons (Fsp3) is 0.412. The van der Waals surface area contributed by atoms with Crippen LogP contribution in [0.4, 0.5) is 4.79 Å². The van der Waals surface area contributed by atoms with Gasteiger partial charge in [0.15, 0.2) is 0 Å². The standard InChI is InChI=1S/C17H20N4O3S/c1-2-24-17(23)21-8-5-13(6-9-21)19-15(22)14-11-25-16(20-14)12-4-3-7-18-10-12/h3-4,7,10-11,13H,2,5-6,8-9H2,1H3,(H,19,22). The lowest BCUT2D eigenvalue weighted by atomic mass is 10.1. The quantitative estimate of drug-likeness (QED) is 0.906. The number of hydrogen-bond donors (Lipinski definition) is 1. The van der Waals surface area contributed by atoms with Gasteiger partial charge in [0.1, 0.15) is 10.7 Å². The van der Waals surface area contributed by atoms with Gasteiger partial charge in [0, 0.05) is 42.5 Å². The van der Waals surface area contributed by atoms with E-state index in [1.807, 2.05) is 12.1 Å². The van der Waals surface area contributed by atoms with Crippen molar-refractivity contribution in [2.75, 3.05) is 19.7 Å². The number of carbonyl (C=O) groups excluding carboxylic acids is 2. The van der Waals surface area contributed by atoms with Crippen molar-refractivity contribution in [3.8, 4) is 10.6 Å². The van der Waals surface area contributed by atoms with Gasteiger partial charge in [-0.1, -0.05) is 0 Å². The molecule has 8 heteroatoms. The first-order valence-electron chi connectivity index (χ1n) is 8.26. The molecule has 1 aliphatic rings. The van der Waals surface area contributed by atoms with Crippen molar-refractivity contribution in [1.82, 2.24) is 20.2 Å². The van der Waals surface area contributed by atoms with Gasteiger partial charge >= 0.3 is 6.09 Å². The number of piperidine rings is 1. The summed E-state index contributed by atoms with van der Waals surface area (Å²) in [5.41, 5.74) is 1.31. The maximum Gasteiger partial charge on any atom is 0.409 e. The van der Waals surface area contributed by atoms with Gasteiger partial charge in [-0.2, -0.15) is 0 Å². The van der Waals surface area contributed by atoms with Crippen molar-refractivity contribution in [2.45, 2.75) is 25.8 Å². The maximum atomic E-state index is 12.4. The zero-order chi connectivity index (χ0) is 17.6. The molecule has 3 heterocycles.